The largest absolute Gasteiger partial charge is 0.385 e. The molecule has 0 aliphatic carbocycles. The quantitative estimate of drug-likeness (QED) is 0.470. The highest BCUT2D eigenvalue weighted by molar-refractivity contribution is 6.00. The van der Waals surface area contributed by atoms with Crippen LogP contribution in [-0.2, 0) is 4.74 Å². The van der Waals surface area contributed by atoms with E-state index in [2.05, 4.69) is 17.1 Å². The molecule has 0 saturated carbocycles. The predicted molar refractivity (Wildman–Crippen MR) is 92.5 cm³/mol. The molecule has 0 radical (unpaired) electrons. The Labute approximate surface area is 142 Å². The van der Waals surface area contributed by atoms with Crippen LogP contribution >= 0.6 is 0 Å². The van der Waals surface area contributed by atoms with E-state index < -0.39 is 4.92 Å². The van der Waals surface area contributed by atoms with Gasteiger partial charge in [-0.15, -0.1) is 0 Å². The summed E-state index contributed by atoms with van der Waals surface area (Å²) in [4.78, 5) is 25.2. The third-order valence-electron chi connectivity index (χ3n) is 4.37. The Hall–Kier alpha value is -2.15. The van der Waals surface area contributed by atoms with Gasteiger partial charge in [0.25, 0.3) is 11.6 Å². The summed E-state index contributed by atoms with van der Waals surface area (Å²) < 4.78 is 4.96. The van der Waals surface area contributed by atoms with Crippen molar-refractivity contribution >= 4 is 17.3 Å². The van der Waals surface area contributed by atoms with Crippen LogP contribution in [0.4, 0.5) is 11.4 Å². The van der Waals surface area contributed by atoms with Gasteiger partial charge in [-0.1, -0.05) is 6.92 Å². The van der Waals surface area contributed by atoms with Gasteiger partial charge in [0.2, 0.25) is 0 Å². The summed E-state index contributed by atoms with van der Waals surface area (Å²) in [7, 11) is 1.61. The Balaban J connectivity index is 2.19. The standard InChI is InChI=1S/C17H25N3O4/c1-13-6-9-19(10-7-13)16-5-4-14(20(22)23)12-15(16)17(21)18-8-3-11-24-2/h4-5,12-13H,3,6-11H2,1-2H3,(H,18,21). The summed E-state index contributed by atoms with van der Waals surface area (Å²) in [6.07, 6.45) is 2.82. The first-order valence-electron chi connectivity index (χ1n) is 8.33. The van der Waals surface area contributed by atoms with Crippen LogP contribution < -0.4 is 10.2 Å². The first-order chi connectivity index (χ1) is 11.5. The minimum Gasteiger partial charge on any atom is -0.385 e. The summed E-state index contributed by atoms with van der Waals surface area (Å²) in [5.41, 5.74) is 1.08. The van der Waals surface area contributed by atoms with Gasteiger partial charge in [0, 0.05) is 45.5 Å². The SMILES string of the molecule is COCCCNC(=O)c1cc([N+](=O)[O-])ccc1N1CCC(C)CC1. The van der Waals surface area contributed by atoms with Gasteiger partial charge in [0.1, 0.15) is 0 Å². The molecular formula is C17H25N3O4. The molecule has 7 heteroatoms. The van der Waals surface area contributed by atoms with Gasteiger partial charge in [-0.2, -0.15) is 0 Å². The second-order valence-corrected chi connectivity index (χ2v) is 6.23. The number of carbonyl (C=O) groups is 1. The van der Waals surface area contributed by atoms with Crippen molar-refractivity contribution in [1.82, 2.24) is 5.32 Å². The summed E-state index contributed by atoms with van der Waals surface area (Å²) in [5.74, 6) is 0.397. The number of anilines is 1. The molecule has 1 saturated heterocycles. The summed E-state index contributed by atoms with van der Waals surface area (Å²) in [6, 6.07) is 4.53. The van der Waals surface area contributed by atoms with Crippen LogP contribution in [0, 0.1) is 16.0 Å². The number of hydrogen-bond donors (Lipinski definition) is 1. The highest BCUT2D eigenvalue weighted by atomic mass is 16.6. The average Bonchev–Trinajstić information content (AvgIpc) is 2.58. The molecule has 7 nitrogen and oxygen atoms in total. The molecule has 1 fully saturated rings. The molecule has 24 heavy (non-hydrogen) atoms. The smallest absolute Gasteiger partial charge is 0.270 e. The van der Waals surface area contributed by atoms with Gasteiger partial charge in [-0.05, 0) is 31.2 Å². The summed E-state index contributed by atoms with van der Waals surface area (Å²) in [5, 5.41) is 13.9. The van der Waals surface area contributed by atoms with Crippen LogP contribution in [0.2, 0.25) is 0 Å². The first-order valence-corrected chi connectivity index (χ1v) is 8.33. The van der Waals surface area contributed by atoms with Gasteiger partial charge >= 0.3 is 0 Å². The Morgan fingerprint density at radius 2 is 2.12 bits per heavy atom. The van der Waals surface area contributed by atoms with Crippen molar-refractivity contribution in [2.45, 2.75) is 26.2 Å². The number of rotatable bonds is 7. The van der Waals surface area contributed by atoms with Crippen molar-refractivity contribution in [2.24, 2.45) is 5.92 Å². The second kappa shape index (κ2) is 8.63. The first kappa shape index (κ1) is 18.2. The second-order valence-electron chi connectivity index (χ2n) is 6.23. The number of methoxy groups -OCH3 is 1. The Bertz CT molecular complexity index is 583. The molecule has 1 amide bonds. The molecule has 1 aliphatic heterocycles. The van der Waals surface area contributed by atoms with Crippen molar-refractivity contribution in [2.75, 3.05) is 38.3 Å². The lowest BCUT2D eigenvalue weighted by Gasteiger charge is -2.33. The maximum atomic E-state index is 12.5. The van der Waals surface area contributed by atoms with E-state index in [9.17, 15) is 14.9 Å². The summed E-state index contributed by atoms with van der Waals surface area (Å²) >= 11 is 0. The molecule has 0 atom stereocenters. The lowest BCUT2D eigenvalue weighted by molar-refractivity contribution is -0.384. The third-order valence-corrected chi connectivity index (χ3v) is 4.37. The Kier molecular flexibility index (Phi) is 6.54. The van der Waals surface area contributed by atoms with Gasteiger partial charge < -0.3 is 15.0 Å². The van der Waals surface area contributed by atoms with Crippen LogP contribution in [0.5, 0.6) is 0 Å². The number of nitrogens with zero attached hydrogens (tertiary/aromatic N) is 2. The zero-order valence-corrected chi connectivity index (χ0v) is 14.3. The van der Waals surface area contributed by atoms with E-state index in [1.807, 2.05) is 0 Å². The van der Waals surface area contributed by atoms with Gasteiger partial charge in [0.15, 0.2) is 0 Å². The van der Waals surface area contributed by atoms with Crippen LogP contribution in [0.1, 0.15) is 36.5 Å². The Morgan fingerprint density at radius 1 is 1.42 bits per heavy atom. The number of ether oxygens (including phenoxy) is 1. The number of nitrogens with one attached hydrogen (secondary N) is 1. The molecule has 0 bridgehead atoms. The van der Waals surface area contributed by atoms with Gasteiger partial charge in [-0.3, -0.25) is 14.9 Å². The van der Waals surface area contributed by atoms with E-state index in [1.165, 1.54) is 12.1 Å². The van der Waals surface area contributed by atoms with Crippen LogP contribution in [0.25, 0.3) is 0 Å². The maximum Gasteiger partial charge on any atom is 0.270 e. The number of benzene rings is 1. The van der Waals surface area contributed by atoms with Crippen molar-refractivity contribution in [3.05, 3.63) is 33.9 Å². The molecule has 1 aliphatic rings. The molecular weight excluding hydrogens is 310 g/mol. The molecule has 2 rings (SSSR count). The number of hydrogen-bond acceptors (Lipinski definition) is 5. The molecule has 1 aromatic rings. The molecule has 1 aromatic carbocycles. The lowest BCUT2D eigenvalue weighted by atomic mass is 9.98. The molecule has 1 N–H and O–H groups in total. The van der Waals surface area contributed by atoms with E-state index in [1.54, 1.807) is 13.2 Å². The van der Waals surface area contributed by atoms with E-state index in [0.29, 0.717) is 31.1 Å². The number of nitro benzene ring substituents is 1. The highest BCUT2D eigenvalue weighted by Crippen LogP contribution is 2.29. The van der Waals surface area contributed by atoms with Crippen LogP contribution in [0.3, 0.4) is 0 Å². The van der Waals surface area contributed by atoms with Crippen LogP contribution in [-0.4, -0.2) is 44.2 Å². The van der Waals surface area contributed by atoms with E-state index >= 15 is 0 Å². The zero-order valence-electron chi connectivity index (χ0n) is 14.3. The minimum atomic E-state index is -0.468. The number of non-ortho nitro benzene ring substituents is 1. The number of piperidine rings is 1. The highest BCUT2D eigenvalue weighted by Gasteiger charge is 2.23. The van der Waals surface area contributed by atoms with E-state index in [-0.39, 0.29) is 11.6 Å². The van der Waals surface area contributed by atoms with Crippen molar-refractivity contribution < 1.29 is 14.5 Å². The molecule has 0 aromatic heterocycles. The monoisotopic (exact) mass is 335 g/mol. The Morgan fingerprint density at radius 3 is 2.75 bits per heavy atom. The van der Waals surface area contributed by atoms with E-state index in [4.69, 9.17) is 4.74 Å². The number of amides is 1. The van der Waals surface area contributed by atoms with Crippen LogP contribution in [0.15, 0.2) is 18.2 Å². The fraction of sp³-hybridized carbons (Fsp3) is 0.588. The lowest BCUT2D eigenvalue weighted by Crippen LogP contribution is -2.35. The average molecular weight is 335 g/mol. The maximum absolute atomic E-state index is 12.5. The number of nitro groups is 1. The minimum absolute atomic E-state index is 0.0637. The third kappa shape index (κ3) is 4.67. The molecule has 1 heterocycles. The van der Waals surface area contributed by atoms with E-state index in [0.717, 1.165) is 31.6 Å². The van der Waals surface area contributed by atoms with Crippen molar-refractivity contribution in [3.8, 4) is 0 Å². The predicted octanol–water partition coefficient (Wildman–Crippen LogP) is 2.60. The molecule has 0 spiro atoms. The van der Waals surface area contributed by atoms with Gasteiger partial charge in [0.05, 0.1) is 16.2 Å². The zero-order chi connectivity index (χ0) is 17.5. The fourth-order valence-electron chi connectivity index (χ4n) is 2.86. The summed E-state index contributed by atoms with van der Waals surface area (Å²) in [6.45, 7) is 4.99. The molecule has 0 unspecified atom stereocenters. The van der Waals surface area contributed by atoms with Crippen molar-refractivity contribution in [3.63, 3.8) is 0 Å². The van der Waals surface area contributed by atoms with Gasteiger partial charge in [-0.25, -0.2) is 0 Å². The topological polar surface area (TPSA) is 84.7 Å². The van der Waals surface area contributed by atoms with Crippen molar-refractivity contribution in [1.29, 1.82) is 0 Å². The number of carbonyl (C=O) groups excluding carboxylic acids is 1. The molecule has 132 valence electrons. The fourth-order valence-corrected chi connectivity index (χ4v) is 2.86. The normalized spacial score (nSPS) is 15.3.